The standard InChI is InChI=1S/C11H11NO6/c1-3-11(9(15)16)5-6(2)4-7(8(13)14)12(11)10(17)18/h1,7H,2,4-5H2,(H,13,14)(H,15,16)(H,17,18)/p-3. The molecule has 2 atom stereocenters. The highest BCUT2D eigenvalue weighted by atomic mass is 16.4. The number of carboxylic acid groups (broad SMARTS) is 3. The molecule has 1 rings (SSSR count). The van der Waals surface area contributed by atoms with Crippen LogP contribution in [0.4, 0.5) is 4.79 Å². The van der Waals surface area contributed by atoms with E-state index in [1.807, 2.05) is 0 Å². The summed E-state index contributed by atoms with van der Waals surface area (Å²) in [6.45, 7) is 3.45. The van der Waals surface area contributed by atoms with Crippen LogP contribution in [-0.4, -0.2) is 34.5 Å². The molecule has 0 bridgehead atoms. The number of carbonyl (C=O) groups is 3. The van der Waals surface area contributed by atoms with Gasteiger partial charge in [0.25, 0.3) is 0 Å². The number of carbonyl (C=O) groups excluding carboxylic acids is 3. The van der Waals surface area contributed by atoms with E-state index in [9.17, 15) is 29.7 Å². The van der Waals surface area contributed by atoms with Gasteiger partial charge in [-0.1, -0.05) is 18.1 Å². The topological polar surface area (TPSA) is 124 Å². The molecule has 0 spiro atoms. The first-order valence-electron chi connectivity index (χ1n) is 4.83. The number of terminal acetylenes is 1. The molecule has 0 aromatic carbocycles. The van der Waals surface area contributed by atoms with Crippen molar-refractivity contribution < 1.29 is 29.7 Å². The van der Waals surface area contributed by atoms with Crippen molar-refractivity contribution in [2.45, 2.75) is 24.4 Å². The van der Waals surface area contributed by atoms with Crippen LogP contribution in [0.5, 0.6) is 0 Å². The Kier molecular flexibility index (Phi) is 3.32. The fourth-order valence-corrected chi connectivity index (χ4v) is 1.97. The SMILES string of the molecule is C#CC1(C(=O)[O-])CC(=C)CC(C(=O)[O-])N1C(=O)[O-]. The lowest BCUT2D eigenvalue weighted by Gasteiger charge is -2.51. The van der Waals surface area contributed by atoms with E-state index >= 15 is 0 Å². The Bertz CT molecular complexity index is 476. The lowest BCUT2D eigenvalue weighted by Crippen LogP contribution is -2.71. The summed E-state index contributed by atoms with van der Waals surface area (Å²) in [6, 6.07) is -1.76. The number of hydrogen-bond donors (Lipinski definition) is 0. The zero-order chi connectivity index (χ0) is 14.1. The molecule has 1 amide bonds. The third-order valence-electron chi connectivity index (χ3n) is 2.76. The van der Waals surface area contributed by atoms with Crippen molar-refractivity contribution in [2.75, 3.05) is 0 Å². The Morgan fingerprint density at radius 1 is 1.39 bits per heavy atom. The van der Waals surface area contributed by atoms with Gasteiger partial charge in [-0.3, -0.25) is 0 Å². The molecular weight excluding hydrogens is 242 g/mol. The molecule has 0 saturated carbocycles. The van der Waals surface area contributed by atoms with Crippen molar-refractivity contribution in [3.63, 3.8) is 0 Å². The highest BCUT2D eigenvalue weighted by molar-refractivity contribution is 5.90. The average Bonchev–Trinajstić information content (AvgIpc) is 2.26. The van der Waals surface area contributed by atoms with Crippen molar-refractivity contribution >= 4 is 18.0 Å². The van der Waals surface area contributed by atoms with Crippen LogP contribution in [0.1, 0.15) is 12.8 Å². The van der Waals surface area contributed by atoms with Crippen molar-refractivity contribution in [3.8, 4) is 12.3 Å². The van der Waals surface area contributed by atoms with E-state index < -0.39 is 36.0 Å². The smallest absolute Gasteiger partial charge is 0.146 e. The first-order chi connectivity index (χ1) is 8.26. The van der Waals surface area contributed by atoms with Crippen LogP contribution in [0.2, 0.25) is 0 Å². The summed E-state index contributed by atoms with van der Waals surface area (Å²) >= 11 is 0. The first-order valence-corrected chi connectivity index (χ1v) is 4.83. The highest BCUT2D eigenvalue weighted by Gasteiger charge is 2.45. The number of piperidine rings is 1. The Labute approximate surface area is 102 Å². The zero-order valence-corrected chi connectivity index (χ0v) is 9.17. The molecule has 0 aliphatic carbocycles. The molecule has 1 saturated heterocycles. The lowest BCUT2D eigenvalue weighted by molar-refractivity contribution is -0.331. The summed E-state index contributed by atoms with van der Waals surface area (Å²) in [5, 5.41) is 32.9. The molecule has 0 radical (unpaired) electrons. The third-order valence-corrected chi connectivity index (χ3v) is 2.76. The Morgan fingerprint density at radius 3 is 2.28 bits per heavy atom. The van der Waals surface area contributed by atoms with Gasteiger partial charge < -0.3 is 34.6 Å². The summed E-state index contributed by atoms with van der Waals surface area (Å²) in [7, 11) is 0. The predicted octanol–water partition coefficient (Wildman–Crippen LogP) is -3.78. The maximum absolute atomic E-state index is 11.1. The lowest BCUT2D eigenvalue weighted by atomic mass is 9.81. The van der Waals surface area contributed by atoms with Gasteiger partial charge in [-0.2, -0.15) is 0 Å². The largest absolute Gasteiger partial charge is 0.548 e. The minimum absolute atomic E-state index is 0.0619. The summed E-state index contributed by atoms with van der Waals surface area (Å²) in [5.74, 6) is -1.92. The molecule has 0 N–H and O–H groups in total. The number of likely N-dealkylation sites (tertiary alicyclic amines) is 1. The molecule has 1 heterocycles. The van der Waals surface area contributed by atoms with Crippen LogP contribution in [0, 0.1) is 12.3 Å². The molecule has 7 nitrogen and oxygen atoms in total. The van der Waals surface area contributed by atoms with Crippen molar-refractivity contribution in [2.24, 2.45) is 0 Å². The first kappa shape index (κ1) is 13.6. The molecule has 96 valence electrons. The number of hydrogen-bond acceptors (Lipinski definition) is 6. The number of amides is 1. The molecule has 1 aliphatic heterocycles. The Morgan fingerprint density at radius 2 is 1.94 bits per heavy atom. The van der Waals surface area contributed by atoms with Crippen LogP contribution >= 0.6 is 0 Å². The average molecular weight is 250 g/mol. The molecule has 0 aromatic heterocycles. The van der Waals surface area contributed by atoms with E-state index in [0.29, 0.717) is 0 Å². The van der Waals surface area contributed by atoms with Crippen molar-refractivity contribution in [3.05, 3.63) is 12.2 Å². The molecule has 18 heavy (non-hydrogen) atoms. The zero-order valence-electron chi connectivity index (χ0n) is 9.17. The van der Waals surface area contributed by atoms with Gasteiger partial charge in [0, 0.05) is 6.42 Å². The summed E-state index contributed by atoms with van der Waals surface area (Å²) < 4.78 is 0. The maximum Gasteiger partial charge on any atom is 0.146 e. The van der Waals surface area contributed by atoms with Gasteiger partial charge in [0.2, 0.25) is 0 Å². The molecular formula is C11H8NO6-3. The van der Waals surface area contributed by atoms with Crippen LogP contribution in [0.3, 0.4) is 0 Å². The fourth-order valence-electron chi connectivity index (χ4n) is 1.97. The van der Waals surface area contributed by atoms with E-state index in [1.165, 1.54) is 0 Å². The monoisotopic (exact) mass is 250 g/mol. The fraction of sp³-hybridized carbons (Fsp3) is 0.364. The predicted molar refractivity (Wildman–Crippen MR) is 51.0 cm³/mol. The normalized spacial score (nSPS) is 27.4. The maximum atomic E-state index is 11.1. The van der Waals surface area contributed by atoms with Gasteiger partial charge in [0.1, 0.15) is 11.6 Å². The number of rotatable bonds is 2. The van der Waals surface area contributed by atoms with Crippen LogP contribution in [-0.2, 0) is 9.59 Å². The molecule has 1 aliphatic rings. The molecule has 1 fully saturated rings. The van der Waals surface area contributed by atoms with Gasteiger partial charge in [-0.25, -0.2) is 0 Å². The van der Waals surface area contributed by atoms with E-state index in [0.717, 1.165) is 0 Å². The van der Waals surface area contributed by atoms with E-state index in [1.54, 1.807) is 5.92 Å². The number of nitrogens with zero attached hydrogens (tertiary/aromatic N) is 1. The minimum atomic E-state index is -2.43. The van der Waals surface area contributed by atoms with Crippen LogP contribution < -0.4 is 15.3 Å². The highest BCUT2D eigenvalue weighted by Crippen LogP contribution is 2.33. The van der Waals surface area contributed by atoms with Crippen LogP contribution in [0.25, 0.3) is 0 Å². The minimum Gasteiger partial charge on any atom is -0.548 e. The van der Waals surface area contributed by atoms with Gasteiger partial charge in [-0.05, 0) is 6.42 Å². The van der Waals surface area contributed by atoms with Gasteiger partial charge in [-0.15, -0.1) is 6.42 Å². The molecule has 2 unspecified atom stereocenters. The van der Waals surface area contributed by atoms with Gasteiger partial charge in [0.05, 0.1) is 18.0 Å². The van der Waals surface area contributed by atoms with E-state index in [2.05, 4.69) is 6.58 Å². The van der Waals surface area contributed by atoms with Gasteiger partial charge in [0.15, 0.2) is 0 Å². The summed E-state index contributed by atoms with van der Waals surface area (Å²) in [6.07, 6.45) is 2.31. The van der Waals surface area contributed by atoms with E-state index in [4.69, 9.17) is 6.42 Å². The Hall–Kier alpha value is -2.49. The second-order valence-corrected chi connectivity index (χ2v) is 3.89. The number of aliphatic carboxylic acids is 2. The Balaban J connectivity index is 3.42. The van der Waals surface area contributed by atoms with Crippen LogP contribution in [0.15, 0.2) is 12.2 Å². The molecule has 7 heteroatoms. The van der Waals surface area contributed by atoms with Crippen molar-refractivity contribution in [1.82, 2.24) is 4.90 Å². The summed E-state index contributed by atoms with van der Waals surface area (Å²) in [4.78, 5) is 33.0. The second kappa shape index (κ2) is 4.41. The second-order valence-electron chi connectivity index (χ2n) is 3.89. The number of carboxylic acids is 2. The van der Waals surface area contributed by atoms with Gasteiger partial charge >= 0.3 is 0 Å². The quantitative estimate of drug-likeness (QED) is 0.366. The van der Waals surface area contributed by atoms with Crippen molar-refractivity contribution in [1.29, 1.82) is 0 Å². The third kappa shape index (κ3) is 1.88. The van der Waals surface area contributed by atoms with E-state index in [-0.39, 0.29) is 16.9 Å². The molecule has 0 aromatic rings. The summed E-state index contributed by atoms with van der Waals surface area (Å²) in [5.41, 5.74) is -2.25.